The van der Waals surface area contributed by atoms with E-state index in [1.54, 1.807) is 54.6 Å². The van der Waals surface area contributed by atoms with Crippen LogP contribution in [0.3, 0.4) is 0 Å². The first kappa shape index (κ1) is 27.7. The number of carbonyl (C=O) groups excluding carboxylic acids is 1. The molecule has 190 valence electrons. The maximum Gasteiger partial charge on any atom is 0.343 e. The number of unbranched alkanes of at least 4 members (excludes halogenated alkanes) is 7. The summed E-state index contributed by atoms with van der Waals surface area (Å²) in [6.45, 7) is 2.91. The van der Waals surface area contributed by atoms with Crippen LogP contribution in [-0.2, 0) is 0 Å². The number of hydrogen-bond donors (Lipinski definition) is 0. The van der Waals surface area contributed by atoms with Crippen LogP contribution in [0.1, 0.15) is 68.6 Å². The number of ether oxygens (including phenoxy) is 2. The van der Waals surface area contributed by atoms with Crippen molar-refractivity contribution in [2.24, 2.45) is 10.2 Å². The molecule has 0 spiro atoms. The van der Waals surface area contributed by atoms with Crippen LogP contribution >= 0.6 is 23.2 Å². The van der Waals surface area contributed by atoms with Gasteiger partial charge in [0.2, 0.25) is 0 Å². The molecule has 0 aliphatic carbocycles. The zero-order valence-corrected chi connectivity index (χ0v) is 22.1. The highest BCUT2D eigenvalue weighted by Crippen LogP contribution is 2.32. The Labute approximate surface area is 223 Å². The first-order valence-corrected chi connectivity index (χ1v) is 13.2. The second kappa shape index (κ2) is 15.3. The number of benzene rings is 3. The molecule has 3 aromatic rings. The standard InChI is InChI=1S/C29H32Cl2N2O3/c1-2-3-4-5-6-7-8-11-20-35-24-17-14-22(15-18-24)29(34)36-28-19-16-23(21-26(28)31)32-33-27-13-10-9-12-25(27)30/h9-10,12-19,21H,2-8,11,20H2,1H3. The molecule has 0 aliphatic rings. The Bertz CT molecular complexity index is 1130. The van der Waals surface area contributed by atoms with Crippen molar-refractivity contribution >= 4 is 40.5 Å². The van der Waals surface area contributed by atoms with Crippen molar-refractivity contribution in [3.63, 3.8) is 0 Å². The molecule has 5 nitrogen and oxygen atoms in total. The predicted molar refractivity (Wildman–Crippen MR) is 147 cm³/mol. The zero-order chi connectivity index (χ0) is 25.6. The van der Waals surface area contributed by atoms with Gasteiger partial charge in [-0.3, -0.25) is 0 Å². The Morgan fingerprint density at radius 1 is 0.778 bits per heavy atom. The number of halogens is 2. The van der Waals surface area contributed by atoms with E-state index in [9.17, 15) is 4.79 Å². The summed E-state index contributed by atoms with van der Waals surface area (Å²) in [5.41, 5.74) is 1.47. The largest absolute Gasteiger partial charge is 0.494 e. The summed E-state index contributed by atoms with van der Waals surface area (Å²) in [7, 11) is 0. The zero-order valence-electron chi connectivity index (χ0n) is 20.6. The lowest BCUT2D eigenvalue weighted by Gasteiger charge is -2.09. The Kier molecular flexibility index (Phi) is 11.7. The summed E-state index contributed by atoms with van der Waals surface area (Å²) < 4.78 is 11.3. The van der Waals surface area contributed by atoms with Crippen LogP contribution in [0.2, 0.25) is 10.0 Å². The molecule has 3 aromatic carbocycles. The molecule has 0 saturated heterocycles. The maximum absolute atomic E-state index is 12.6. The van der Waals surface area contributed by atoms with E-state index in [4.69, 9.17) is 32.7 Å². The second-order valence-electron chi connectivity index (χ2n) is 8.50. The molecule has 3 rings (SSSR count). The van der Waals surface area contributed by atoms with Crippen molar-refractivity contribution in [3.8, 4) is 11.5 Å². The minimum atomic E-state index is -0.503. The number of rotatable bonds is 14. The molecule has 36 heavy (non-hydrogen) atoms. The van der Waals surface area contributed by atoms with E-state index in [-0.39, 0.29) is 10.8 Å². The van der Waals surface area contributed by atoms with Gasteiger partial charge in [-0.1, -0.05) is 87.2 Å². The van der Waals surface area contributed by atoms with Crippen molar-refractivity contribution in [3.05, 3.63) is 82.3 Å². The minimum Gasteiger partial charge on any atom is -0.494 e. The topological polar surface area (TPSA) is 60.2 Å². The lowest BCUT2D eigenvalue weighted by molar-refractivity contribution is 0.0735. The average molecular weight is 527 g/mol. The highest BCUT2D eigenvalue weighted by atomic mass is 35.5. The third-order valence-corrected chi connectivity index (χ3v) is 6.22. The summed E-state index contributed by atoms with van der Waals surface area (Å²) in [5.74, 6) is 0.478. The summed E-state index contributed by atoms with van der Waals surface area (Å²) in [4.78, 5) is 12.6. The van der Waals surface area contributed by atoms with Crippen molar-refractivity contribution in [2.45, 2.75) is 58.3 Å². The lowest BCUT2D eigenvalue weighted by Crippen LogP contribution is -2.08. The molecule has 0 fully saturated rings. The van der Waals surface area contributed by atoms with E-state index < -0.39 is 5.97 Å². The molecule has 0 radical (unpaired) electrons. The molecule has 0 atom stereocenters. The van der Waals surface area contributed by atoms with Crippen LogP contribution in [-0.4, -0.2) is 12.6 Å². The van der Waals surface area contributed by atoms with Gasteiger partial charge in [0.15, 0.2) is 0 Å². The SMILES string of the molecule is CCCCCCCCCCOc1ccc(C(=O)Oc2ccc(N=Nc3ccccc3Cl)cc2Cl)cc1. The van der Waals surface area contributed by atoms with Gasteiger partial charge in [0, 0.05) is 0 Å². The number of nitrogens with zero attached hydrogens (tertiary/aromatic N) is 2. The molecule has 0 unspecified atom stereocenters. The quantitative estimate of drug-likeness (QED) is 0.0907. The summed E-state index contributed by atoms with van der Waals surface area (Å²) in [6.07, 6.45) is 10.1. The van der Waals surface area contributed by atoms with Gasteiger partial charge < -0.3 is 9.47 Å². The van der Waals surface area contributed by atoms with Gasteiger partial charge in [0.1, 0.15) is 17.2 Å². The van der Waals surface area contributed by atoms with Gasteiger partial charge in [-0.15, -0.1) is 5.11 Å². The van der Waals surface area contributed by atoms with E-state index in [1.165, 1.54) is 44.9 Å². The predicted octanol–water partition coefficient (Wildman–Crippen LogP) is 10.1. The molecule has 0 heterocycles. The Hall–Kier alpha value is -2.89. The van der Waals surface area contributed by atoms with Crippen LogP contribution in [0.5, 0.6) is 11.5 Å². The molecular formula is C29H32Cl2N2O3. The highest BCUT2D eigenvalue weighted by molar-refractivity contribution is 6.33. The normalized spacial score (nSPS) is 11.1. The second-order valence-corrected chi connectivity index (χ2v) is 9.32. The molecule has 0 aromatic heterocycles. The van der Waals surface area contributed by atoms with Crippen molar-refractivity contribution in [1.82, 2.24) is 0 Å². The van der Waals surface area contributed by atoms with E-state index in [0.717, 1.165) is 12.2 Å². The van der Waals surface area contributed by atoms with E-state index in [2.05, 4.69) is 17.2 Å². The van der Waals surface area contributed by atoms with Crippen LogP contribution < -0.4 is 9.47 Å². The van der Waals surface area contributed by atoms with Gasteiger partial charge in [0.25, 0.3) is 0 Å². The van der Waals surface area contributed by atoms with Crippen LogP contribution in [0, 0.1) is 0 Å². The van der Waals surface area contributed by atoms with E-state index in [0.29, 0.717) is 28.6 Å². The Morgan fingerprint density at radius 3 is 2.17 bits per heavy atom. The molecule has 0 saturated carbocycles. The first-order chi connectivity index (χ1) is 17.6. The molecule has 0 amide bonds. The molecule has 0 aliphatic heterocycles. The minimum absolute atomic E-state index is 0.244. The lowest BCUT2D eigenvalue weighted by atomic mass is 10.1. The third kappa shape index (κ3) is 9.29. The molecule has 0 N–H and O–H groups in total. The van der Waals surface area contributed by atoms with Gasteiger partial charge in [-0.2, -0.15) is 5.11 Å². The summed E-state index contributed by atoms with van der Waals surface area (Å²) >= 11 is 12.4. The molecular weight excluding hydrogens is 495 g/mol. The van der Waals surface area contributed by atoms with E-state index >= 15 is 0 Å². The van der Waals surface area contributed by atoms with Crippen LogP contribution in [0.25, 0.3) is 0 Å². The number of azo groups is 1. The monoisotopic (exact) mass is 526 g/mol. The van der Waals surface area contributed by atoms with Gasteiger partial charge in [-0.25, -0.2) is 4.79 Å². The summed E-state index contributed by atoms with van der Waals surface area (Å²) in [5, 5.41) is 9.03. The fourth-order valence-corrected chi connectivity index (χ4v) is 3.94. The number of esters is 1. The third-order valence-electron chi connectivity index (χ3n) is 5.60. The van der Waals surface area contributed by atoms with Crippen LogP contribution in [0.15, 0.2) is 77.0 Å². The first-order valence-electron chi connectivity index (χ1n) is 12.5. The highest BCUT2D eigenvalue weighted by Gasteiger charge is 2.12. The van der Waals surface area contributed by atoms with Gasteiger partial charge in [0.05, 0.1) is 27.9 Å². The fourth-order valence-electron chi connectivity index (χ4n) is 3.55. The van der Waals surface area contributed by atoms with Crippen molar-refractivity contribution in [2.75, 3.05) is 6.61 Å². The summed E-state index contributed by atoms with van der Waals surface area (Å²) in [6, 6.07) is 18.9. The van der Waals surface area contributed by atoms with Gasteiger partial charge >= 0.3 is 5.97 Å². The van der Waals surface area contributed by atoms with Crippen molar-refractivity contribution in [1.29, 1.82) is 0 Å². The maximum atomic E-state index is 12.6. The fraction of sp³-hybridized carbons (Fsp3) is 0.345. The van der Waals surface area contributed by atoms with Crippen LogP contribution in [0.4, 0.5) is 11.4 Å². The molecule has 7 heteroatoms. The average Bonchev–Trinajstić information content (AvgIpc) is 2.89. The smallest absolute Gasteiger partial charge is 0.343 e. The number of hydrogen-bond acceptors (Lipinski definition) is 5. The number of carbonyl (C=O) groups is 1. The van der Waals surface area contributed by atoms with E-state index in [1.807, 2.05) is 12.1 Å². The van der Waals surface area contributed by atoms with Crippen molar-refractivity contribution < 1.29 is 14.3 Å². The Morgan fingerprint density at radius 2 is 1.47 bits per heavy atom. The Balaban J connectivity index is 1.44. The molecule has 0 bridgehead atoms. The van der Waals surface area contributed by atoms with Gasteiger partial charge in [-0.05, 0) is 61.0 Å².